The molecule has 1 amide bonds. The molecule has 1 heterocycles. The monoisotopic (exact) mass is 252 g/mol. The van der Waals surface area contributed by atoms with Crippen molar-refractivity contribution in [1.29, 1.82) is 0 Å². The Kier molecular flexibility index (Phi) is 6.07. The first-order valence-corrected chi connectivity index (χ1v) is 6.20. The minimum Gasteiger partial charge on any atom is -0.396 e. The summed E-state index contributed by atoms with van der Waals surface area (Å²) in [7, 11) is 0. The van der Waals surface area contributed by atoms with Crippen LogP contribution in [0.4, 0.5) is 5.82 Å². The molecular weight excluding hydrogens is 232 g/mol. The lowest BCUT2D eigenvalue weighted by molar-refractivity contribution is 0.0950. The van der Waals surface area contributed by atoms with Crippen LogP contribution in [0.1, 0.15) is 30.8 Å². The van der Waals surface area contributed by atoms with Crippen LogP contribution in [0.3, 0.4) is 0 Å². The number of aliphatic hydroxyl groups excluding tert-OH is 1. The van der Waals surface area contributed by atoms with E-state index >= 15 is 0 Å². The molecular formula is C12H20N4O2. The molecule has 0 fully saturated rings. The molecule has 0 bridgehead atoms. The van der Waals surface area contributed by atoms with Crippen molar-refractivity contribution in [2.24, 2.45) is 0 Å². The first-order chi connectivity index (χ1) is 8.72. The maximum atomic E-state index is 11.5. The quantitative estimate of drug-likeness (QED) is 0.736. The fourth-order valence-electron chi connectivity index (χ4n) is 1.56. The van der Waals surface area contributed by atoms with Crippen LogP contribution in [-0.2, 0) is 0 Å². The molecule has 6 heteroatoms. The van der Waals surface area contributed by atoms with Crippen LogP contribution in [0.15, 0.2) is 12.1 Å². The predicted octanol–water partition coefficient (Wildman–Crippen LogP) is 0.435. The van der Waals surface area contributed by atoms with E-state index in [1.807, 2.05) is 18.7 Å². The SMILES string of the molecule is CCNC(=O)c1ccc(N(CC)CCCO)nn1. The number of carbonyl (C=O) groups excluding carboxylic acids is 1. The van der Waals surface area contributed by atoms with Crippen LogP contribution in [0, 0.1) is 0 Å². The molecule has 0 radical (unpaired) electrons. The van der Waals surface area contributed by atoms with Gasteiger partial charge in [-0.05, 0) is 32.4 Å². The third-order valence-corrected chi connectivity index (χ3v) is 2.51. The molecule has 1 rings (SSSR count). The molecule has 0 aliphatic carbocycles. The second-order valence-electron chi connectivity index (χ2n) is 3.79. The van der Waals surface area contributed by atoms with Gasteiger partial charge in [-0.15, -0.1) is 10.2 Å². The Labute approximate surface area is 107 Å². The molecule has 2 N–H and O–H groups in total. The maximum absolute atomic E-state index is 11.5. The van der Waals surface area contributed by atoms with Gasteiger partial charge in [-0.3, -0.25) is 4.79 Å². The molecule has 100 valence electrons. The van der Waals surface area contributed by atoms with Crippen LogP contribution in [0.5, 0.6) is 0 Å². The molecule has 0 unspecified atom stereocenters. The molecule has 0 saturated carbocycles. The Balaban J connectivity index is 2.71. The molecule has 0 aromatic carbocycles. The predicted molar refractivity (Wildman–Crippen MR) is 69.6 cm³/mol. The van der Waals surface area contributed by atoms with Gasteiger partial charge in [0.25, 0.3) is 5.91 Å². The van der Waals surface area contributed by atoms with Crippen molar-refractivity contribution in [3.05, 3.63) is 17.8 Å². The highest BCUT2D eigenvalue weighted by molar-refractivity contribution is 5.92. The third-order valence-electron chi connectivity index (χ3n) is 2.51. The number of amides is 1. The molecule has 18 heavy (non-hydrogen) atoms. The van der Waals surface area contributed by atoms with E-state index < -0.39 is 0 Å². The van der Waals surface area contributed by atoms with Crippen molar-refractivity contribution in [2.45, 2.75) is 20.3 Å². The highest BCUT2D eigenvalue weighted by atomic mass is 16.3. The van der Waals surface area contributed by atoms with Crippen LogP contribution >= 0.6 is 0 Å². The van der Waals surface area contributed by atoms with E-state index in [-0.39, 0.29) is 12.5 Å². The van der Waals surface area contributed by atoms with Crippen LogP contribution in [0.2, 0.25) is 0 Å². The van der Waals surface area contributed by atoms with Gasteiger partial charge in [0.2, 0.25) is 0 Å². The number of nitrogens with one attached hydrogen (secondary N) is 1. The Morgan fingerprint density at radius 1 is 1.39 bits per heavy atom. The normalized spacial score (nSPS) is 10.2. The first kappa shape index (κ1) is 14.4. The minimum atomic E-state index is -0.213. The van der Waals surface area contributed by atoms with Crippen LogP contribution in [0.25, 0.3) is 0 Å². The Hall–Kier alpha value is -1.69. The lowest BCUT2D eigenvalue weighted by Gasteiger charge is -2.20. The number of anilines is 1. The number of aliphatic hydroxyl groups is 1. The van der Waals surface area contributed by atoms with Crippen molar-refractivity contribution in [3.8, 4) is 0 Å². The topological polar surface area (TPSA) is 78.4 Å². The van der Waals surface area contributed by atoms with Crippen molar-refractivity contribution in [3.63, 3.8) is 0 Å². The second-order valence-corrected chi connectivity index (χ2v) is 3.79. The largest absolute Gasteiger partial charge is 0.396 e. The summed E-state index contributed by atoms with van der Waals surface area (Å²) in [6.45, 7) is 6.10. The van der Waals surface area contributed by atoms with Gasteiger partial charge < -0.3 is 15.3 Å². The van der Waals surface area contributed by atoms with E-state index in [0.29, 0.717) is 18.7 Å². The van der Waals surface area contributed by atoms with Crippen LogP contribution < -0.4 is 10.2 Å². The number of hydrogen-bond donors (Lipinski definition) is 2. The number of hydrogen-bond acceptors (Lipinski definition) is 5. The lowest BCUT2D eigenvalue weighted by Crippen LogP contribution is -2.27. The number of aromatic nitrogens is 2. The average molecular weight is 252 g/mol. The van der Waals surface area contributed by atoms with E-state index in [4.69, 9.17) is 5.11 Å². The van der Waals surface area contributed by atoms with E-state index in [1.54, 1.807) is 12.1 Å². The van der Waals surface area contributed by atoms with Gasteiger partial charge in [0, 0.05) is 26.2 Å². The highest BCUT2D eigenvalue weighted by Crippen LogP contribution is 2.09. The summed E-state index contributed by atoms with van der Waals surface area (Å²) in [5.74, 6) is 0.508. The fourth-order valence-corrected chi connectivity index (χ4v) is 1.56. The molecule has 0 aliphatic rings. The smallest absolute Gasteiger partial charge is 0.271 e. The average Bonchev–Trinajstić information content (AvgIpc) is 2.40. The summed E-state index contributed by atoms with van der Waals surface area (Å²) >= 11 is 0. The minimum absolute atomic E-state index is 0.154. The first-order valence-electron chi connectivity index (χ1n) is 6.20. The zero-order valence-electron chi connectivity index (χ0n) is 10.9. The Morgan fingerprint density at radius 2 is 2.17 bits per heavy atom. The molecule has 0 atom stereocenters. The van der Waals surface area contributed by atoms with Gasteiger partial charge in [-0.1, -0.05) is 0 Å². The Morgan fingerprint density at radius 3 is 2.67 bits per heavy atom. The fraction of sp³-hybridized carbons (Fsp3) is 0.583. The van der Waals surface area contributed by atoms with Crippen molar-refractivity contribution in [1.82, 2.24) is 15.5 Å². The van der Waals surface area contributed by atoms with E-state index in [1.165, 1.54) is 0 Å². The van der Waals surface area contributed by atoms with Gasteiger partial charge in [-0.2, -0.15) is 0 Å². The Bertz CT molecular complexity index is 367. The highest BCUT2D eigenvalue weighted by Gasteiger charge is 2.09. The molecule has 1 aromatic heterocycles. The molecule has 6 nitrogen and oxygen atoms in total. The van der Waals surface area contributed by atoms with Gasteiger partial charge in [-0.25, -0.2) is 0 Å². The van der Waals surface area contributed by atoms with E-state index in [2.05, 4.69) is 15.5 Å². The van der Waals surface area contributed by atoms with Crippen molar-refractivity contribution >= 4 is 11.7 Å². The summed E-state index contributed by atoms with van der Waals surface area (Å²) < 4.78 is 0. The molecule has 1 aromatic rings. The van der Waals surface area contributed by atoms with Crippen molar-refractivity contribution < 1.29 is 9.90 Å². The molecule has 0 aliphatic heterocycles. The summed E-state index contributed by atoms with van der Waals surface area (Å²) in [4.78, 5) is 13.5. The van der Waals surface area contributed by atoms with E-state index in [9.17, 15) is 4.79 Å². The molecule has 0 spiro atoms. The number of carbonyl (C=O) groups is 1. The van der Waals surface area contributed by atoms with Gasteiger partial charge in [0.1, 0.15) is 0 Å². The molecule has 0 saturated heterocycles. The summed E-state index contributed by atoms with van der Waals surface area (Å²) in [5, 5.41) is 19.4. The van der Waals surface area contributed by atoms with E-state index in [0.717, 1.165) is 18.9 Å². The van der Waals surface area contributed by atoms with Gasteiger partial charge in [0.05, 0.1) is 0 Å². The second kappa shape index (κ2) is 7.60. The van der Waals surface area contributed by atoms with Gasteiger partial charge >= 0.3 is 0 Å². The number of rotatable bonds is 7. The zero-order valence-corrected chi connectivity index (χ0v) is 10.9. The summed E-state index contributed by atoms with van der Waals surface area (Å²) in [5.41, 5.74) is 0.318. The van der Waals surface area contributed by atoms with Crippen LogP contribution in [-0.4, -0.2) is 47.5 Å². The lowest BCUT2D eigenvalue weighted by atomic mass is 10.3. The summed E-state index contributed by atoms with van der Waals surface area (Å²) in [6, 6.07) is 3.44. The zero-order chi connectivity index (χ0) is 13.4. The third kappa shape index (κ3) is 3.96. The van der Waals surface area contributed by atoms with Gasteiger partial charge in [0.15, 0.2) is 11.5 Å². The maximum Gasteiger partial charge on any atom is 0.271 e. The number of nitrogens with zero attached hydrogens (tertiary/aromatic N) is 3. The van der Waals surface area contributed by atoms with Crippen molar-refractivity contribution in [2.75, 3.05) is 31.1 Å². The summed E-state index contributed by atoms with van der Waals surface area (Å²) in [6.07, 6.45) is 0.688. The standard InChI is InChI=1S/C12H20N4O2/c1-3-13-12(18)10-6-7-11(15-14-10)16(4-2)8-5-9-17/h6-7,17H,3-5,8-9H2,1-2H3,(H,13,18).